The van der Waals surface area contributed by atoms with Crippen LogP contribution in [0.5, 0.6) is 11.5 Å². The Morgan fingerprint density at radius 3 is 2.13 bits per heavy atom. The largest absolute Gasteiger partial charge is 0.457 e. The lowest BCUT2D eigenvalue weighted by Crippen LogP contribution is -1.86. The minimum atomic E-state index is 0.548. The van der Waals surface area contributed by atoms with E-state index >= 15 is 0 Å². The number of nitrogens with zero attached hydrogens (tertiary/aromatic N) is 4. The molecule has 0 unspecified atom stereocenters. The molecule has 0 aliphatic rings. The van der Waals surface area contributed by atoms with Gasteiger partial charge in [0.2, 0.25) is 11.7 Å². The van der Waals surface area contributed by atoms with Gasteiger partial charge < -0.3 is 9.15 Å². The Labute approximate surface area is 131 Å². The van der Waals surface area contributed by atoms with Gasteiger partial charge in [-0.15, -0.1) is 10.2 Å². The maximum Gasteiger partial charge on any atom is 0.225 e. The van der Waals surface area contributed by atoms with E-state index in [9.17, 15) is 0 Å². The molecule has 2 aromatic carbocycles. The molecule has 0 radical (unpaired) electrons. The zero-order valence-corrected chi connectivity index (χ0v) is 11.9. The summed E-state index contributed by atoms with van der Waals surface area (Å²) in [4.78, 5) is 4.11. The van der Waals surface area contributed by atoms with Crippen molar-refractivity contribution in [2.24, 2.45) is 0 Å². The van der Waals surface area contributed by atoms with Crippen LogP contribution >= 0.6 is 0 Å². The Balaban J connectivity index is 1.49. The molecule has 0 bridgehead atoms. The van der Waals surface area contributed by atoms with Crippen molar-refractivity contribution in [3.8, 4) is 34.3 Å². The molecular formula is C16H11N5O2. The van der Waals surface area contributed by atoms with Crippen LogP contribution in [0.15, 0.2) is 65.4 Å². The first-order valence-electron chi connectivity index (χ1n) is 6.90. The summed E-state index contributed by atoms with van der Waals surface area (Å²) in [5, 5.41) is 13.8. The Kier molecular flexibility index (Phi) is 3.28. The van der Waals surface area contributed by atoms with E-state index in [1.807, 2.05) is 48.5 Å². The highest BCUT2D eigenvalue weighted by Crippen LogP contribution is 2.26. The molecule has 0 atom stereocenters. The van der Waals surface area contributed by atoms with E-state index in [-0.39, 0.29) is 0 Å². The van der Waals surface area contributed by atoms with Crippen molar-refractivity contribution in [2.45, 2.75) is 0 Å². The standard InChI is InChI=1S/C16H11N5O2/c1-5-13(6-2-11(1)15-18-20-21-19-15)23-14-7-3-12(4-8-14)16-17-9-10-22-16/h1-10H,(H,18,19,20,21). The number of aromatic nitrogens is 5. The fourth-order valence-electron chi connectivity index (χ4n) is 2.12. The Morgan fingerprint density at radius 1 is 0.870 bits per heavy atom. The maximum absolute atomic E-state index is 5.81. The number of H-pyrrole nitrogens is 1. The van der Waals surface area contributed by atoms with Gasteiger partial charge in [0.1, 0.15) is 17.8 Å². The molecular weight excluding hydrogens is 294 g/mol. The van der Waals surface area contributed by atoms with Gasteiger partial charge in [-0.2, -0.15) is 5.21 Å². The zero-order valence-electron chi connectivity index (χ0n) is 11.9. The molecule has 2 aromatic heterocycles. The molecule has 4 rings (SSSR count). The second-order valence-electron chi connectivity index (χ2n) is 4.72. The molecule has 0 fully saturated rings. The van der Waals surface area contributed by atoms with Crippen LogP contribution in [-0.4, -0.2) is 25.6 Å². The maximum atomic E-state index is 5.81. The smallest absolute Gasteiger partial charge is 0.225 e. The second-order valence-corrected chi connectivity index (χ2v) is 4.72. The third-order valence-electron chi connectivity index (χ3n) is 3.23. The Hall–Kier alpha value is -3.48. The lowest BCUT2D eigenvalue weighted by Gasteiger charge is -2.06. The van der Waals surface area contributed by atoms with Gasteiger partial charge in [0.05, 0.1) is 6.20 Å². The minimum absolute atomic E-state index is 0.548. The number of hydrogen-bond donors (Lipinski definition) is 1. The van der Waals surface area contributed by atoms with Crippen molar-refractivity contribution in [3.63, 3.8) is 0 Å². The molecule has 0 aliphatic carbocycles. The van der Waals surface area contributed by atoms with Gasteiger partial charge in [-0.1, -0.05) is 0 Å². The summed E-state index contributed by atoms with van der Waals surface area (Å²) in [7, 11) is 0. The number of hydrogen-bond acceptors (Lipinski definition) is 6. The molecule has 0 saturated carbocycles. The third-order valence-corrected chi connectivity index (χ3v) is 3.23. The van der Waals surface area contributed by atoms with Gasteiger partial charge in [0.25, 0.3) is 0 Å². The summed E-state index contributed by atoms with van der Waals surface area (Å²) in [6.45, 7) is 0. The molecule has 4 aromatic rings. The highest BCUT2D eigenvalue weighted by atomic mass is 16.5. The lowest BCUT2D eigenvalue weighted by molar-refractivity contribution is 0.482. The molecule has 0 aliphatic heterocycles. The molecule has 0 amide bonds. The van der Waals surface area contributed by atoms with Crippen molar-refractivity contribution in [1.82, 2.24) is 25.6 Å². The lowest BCUT2D eigenvalue weighted by atomic mass is 10.2. The van der Waals surface area contributed by atoms with Crippen LogP contribution in [0.3, 0.4) is 0 Å². The van der Waals surface area contributed by atoms with Crippen molar-refractivity contribution >= 4 is 0 Å². The number of nitrogens with one attached hydrogen (secondary N) is 1. The van der Waals surface area contributed by atoms with Gasteiger partial charge in [-0.3, -0.25) is 0 Å². The number of benzene rings is 2. The van der Waals surface area contributed by atoms with E-state index in [4.69, 9.17) is 9.15 Å². The highest BCUT2D eigenvalue weighted by Gasteiger charge is 2.05. The van der Waals surface area contributed by atoms with E-state index in [0.717, 1.165) is 22.6 Å². The Bertz CT molecular complexity index is 794. The highest BCUT2D eigenvalue weighted by molar-refractivity contribution is 5.56. The van der Waals surface area contributed by atoms with Gasteiger partial charge in [0.15, 0.2) is 0 Å². The molecule has 23 heavy (non-hydrogen) atoms. The molecule has 1 N–H and O–H groups in total. The average molecular weight is 305 g/mol. The summed E-state index contributed by atoms with van der Waals surface area (Å²) in [6.07, 6.45) is 3.16. The van der Waals surface area contributed by atoms with Crippen molar-refractivity contribution in [1.29, 1.82) is 0 Å². The summed E-state index contributed by atoms with van der Waals surface area (Å²) < 4.78 is 11.1. The van der Waals surface area contributed by atoms with Gasteiger partial charge in [-0.25, -0.2) is 4.98 Å². The Morgan fingerprint density at radius 2 is 1.57 bits per heavy atom. The van der Waals surface area contributed by atoms with Crippen LogP contribution in [0.25, 0.3) is 22.8 Å². The molecule has 7 heteroatoms. The minimum Gasteiger partial charge on any atom is -0.457 e. The van der Waals surface area contributed by atoms with Crippen molar-refractivity contribution in [3.05, 3.63) is 61.0 Å². The number of aromatic amines is 1. The first-order valence-corrected chi connectivity index (χ1v) is 6.90. The monoisotopic (exact) mass is 305 g/mol. The van der Waals surface area contributed by atoms with Gasteiger partial charge in [-0.05, 0) is 53.7 Å². The van der Waals surface area contributed by atoms with E-state index in [1.165, 1.54) is 0 Å². The van der Waals surface area contributed by atoms with E-state index in [1.54, 1.807) is 12.5 Å². The predicted octanol–water partition coefficient (Wildman–Crippen LogP) is 3.31. The molecule has 2 heterocycles. The summed E-state index contributed by atoms with van der Waals surface area (Å²) in [6, 6.07) is 15.0. The van der Waals surface area contributed by atoms with Crippen LogP contribution in [0.2, 0.25) is 0 Å². The van der Waals surface area contributed by atoms with Crippen molar-refractivity contribution < 1.29 is 9.15 Å². The fraction of sp³-hybridized carbons (Fsp3) is 0. The zero-order chi connectivity index (χ0) is 15.5. The fourth-order valence-corrected chi connectivity index (χ4v) is 2.12. The number of oxazole rings is 1. The van der Waals surface area contributed by atoms with Gasteiger partial charge >= 0.3 is 0 Å². The van der Waals surface area contributed by atoms with Crippen LogP contribution in [0.4, 0.5) is 0 Å². The first-order chi connectivity index (χ1) is 11.4. The summed E-state index contributed by atoms with van der Waals surface area (Å²) in [5.41, 5.74) is 1.76. The normalized spacial score (nSPS) is 10.6. The number of ether oxygens (including phenoxy) is 1. The third kappa shape index (κ3) is 2.80. The molecule has 112 valence electrons. The molecule has 7 nitrogen and oxygen atoms in total. The second kappa shape index (κ2) is 5.72. The number of tetrazole rings is 1. The molecule has 0 spiro atoms. The SMILES string of the molecule is c1coc(-c2ccc(Oc3ccc(-c4nn[nH]n4)cc3)cc2)n1. The van der Waals surface area contributed by atoms with E-state index in [2.05, 4.69) is 25.6 Å². The predicted molar refractivity (Wildman–Crippen MR) is 81.6 cm³/mol. The van der Waals surface area contributed by atoms with Gasteiger partial charge in [0, 0.05) is 11.1 Å². The number of rotatable bonds is 4. The molecule has 0 saturated heterocycles. The van der Waals surface area contributed by atoms with Crippen LogP contribution in [0, 0.1) is 0 Å². The van der Waals surface area contributed by atoms with Crippen LogP contribution in [0.1, 0.15) is 0 Å². The van der Waals surface area contributed by atoms with Crippen molar-refractivity contribution in [2.75, 3.05) is 0 Å². The summed E-state index contributed by atoms with van der Waals surface area (Å²) >= 11 is 0. The topological polar surface area (TPSA) is 89.7 Å². The van der Waals surface area contributed by atoms with Crippen LogP contribution < -0.4 is 4.74 Å². The first kappa shape index (κ1) is 13.2. The van der Waals surface area contributed by atoms with Crippen LogP contribution in [-0.2, 0) is 0 Å². The van der Waals surface area contributed by atoms with E-state index < -0.39 is 0 Å². The quantitative estimate of drug-likeness (QED) is 0.622. The summed E-state index contributed by atoms with van der Waals surface area (Å²) in [5.74, 6) is 2.58. The average Bonchev–Trinajstić information content (AvgIpc) is 3.30. The van der Waals surface area contributed by atoms with E-state index in [0.29, 0.717) is 11.7 Å².